The lowest BCUT2D eigenvalue weighted by Crippen LogP contribution is -2.37. The second-order valence-electron chi connectivity index (χ2n) is 4.83. The summed E-state index contributed by atoms with van der Waals surface area (Å²) in [5.74, 6) is -0.718. The summed E-state index contributed by atoms with van der Waals surface area (Å²) in [6.45, 7) is 0.544. The maximum atomic E-state index is 12.5. The van der Waals surface area contributed by atoms with E-state index in [1.54, 1.807) is 0 Å². The molecule has 1 aromatic heterocycles. The SMILES string of the molecule is O=C(O)c1sccc1S(=O)(=O)N1CC2CCC1C2. The van der Waals surface area contributed by atoms with Gasteiger partial charge in [0, 0.05) is 12.6 Å². The lowest BCUT2D eigenvalue weighted by atomic mass is 10.1. The fourth-order valence-electron chi connectivity index (χ4n) is 2.96. The summed E-state index contributed by atoms with van der Waals surface area (Å²) in [6, 6.07) is 1.47. The molecule has 7 heteroatoms. The van der Waals surface area contributed by atoms with E-state index in [0.717, 1.165) is 30.6 Å². The van der Waals surface area contributed by atoms with Gasteiger partial charge in [0.25, 0.3) is 0 Å². The highest BCUT2D eigenvalue weighted by Gasteiger charge is 2.45. The Hall–Kier alpha value is -0.920. The topological polar surface area (TPSA) is 74.7 Å². The van der Waals surface area contributed by atoms with Gasteiger partial charge < -0.3 is 5.11 Å². The average Bonchev–Trinajstić information content (AvgIpc) is 3.04. The van der Waals surface area contributed by atoms with Gasteiger partial charge in [-0.3, -0.25) is 0 Å². The molecule has 1 N–H and O–H groups in total. The molecular formula is C11H13NO4S2. The first-order valence-corrected chi connectivity index (χ1v) is 8.14. The highest BCUT2D eigenvalue weighted by molar-refractivity contribution is 7.89. The minimum atomic E-state index is -3.64. The van der Waals surface area contributed by atoms with Gasteiger partial charge in [0.05, 0.1) is 0 Å². The van der Waals surface area contributed by atoms with Crippen molar-refractivity contribution in [3.63, 3.8) is 0 Å². The van der Waals surface area contributed by atoms with Crippen molar-refractivity contribution in [1.29, 1.82) is 0 Å². The van der Waals surface area contributed by atoms with Crippen molar-refractivity contribution >= 4 is 27.3 Å². The largest absolute Gasteiger partial charge is 0.477 e. The van der Waals surface area contributed by atoms with Crippen molar-refractivity contribution < 1.29 is 18.3 Å². The summed E-state index contributed by atoms with van der Waals surface area (Å²) < 4.78 is 26.5. The second kappa shape index (κ2) is 4.04. The van der Waals surface area contributed by atoms with Crippen LogP contribution in [0.5, 0.6) is 0 Å². The monoisotopic (exact) mass is 287 g/mol. The van der Waals surface area contributed by atoms with E-state index in [4.69, 9.17) is 5.11 Å². The standard InChI is InChI=1S/C11H13NO4S2/c13-11(14)10-9(3-4-17-10)18(15,16)12-6-7-1-2-8(12)5-7/h3-4,7-8H,1-2,5-6H2,(H,13,14). The van der Waals surface area contributed by atoms with E-state index in [9.17, 15) is 13.2 Å². The number of hydrogen-bond acceptors (Lipinski definition) is 4. The van der Waals surface area contributed by atoms with Gasteiger partial charge in [-0.2, -0.15) is 4.31 Å². The Morgan fingerprint density at radius 3 is 2.78 bits per heavy atom. The number of thiophene rings is 1. The highest BCUT2D eigenvalue weighted by atomic mass is 32.2. The first kappa shape index (κ1) is 12.1. The number of carbonyl (C=O) groups is 1. The number of piperidine rings is 1. The predicted octanol–water partition coefficient (Wildman–Crippen LogP) is 1.62. The van der Waals surface area contributed by atoms with Crippen LogP contribution >= 0.6 is 11.3 Å². The third kappa shape index (κ3) is 1.69. The van der Waals surface area contributed by atoms with Crippen LogP contribution in [0.15, 0.2) is 16.3 Å². The Kier molecular flexibility index (Phi) is 2.72. The molecule has 2 bridgehead atoms. The van der Waals surface area contributed by atoms with Crippen LogP contribution in [0.4, 0.5) is 0 Å². The van der Waals surface area contributed by atoms with Gasteiger partial charge >= 0.3 is 5.97 Å². The minimum Gasteiger partial charge on any atom is -0.477 e. The first-order valence-electron chi connectivity index (χ1n) is 5.83. The molecule has 3 rings (SSSR count). The summed E-state index contributed by atoms with van der Waals surface area (Å²) in [5.41, 5.74) is 0. The molecule has 2 heterocycles. The van der Waals surface area contributed by atoms with Gasteiger partial charge in [-0.15, -0.1) is 11.3 Å². The van der Waals surface area contributed by atoms with Crippen LogP contribution in [-0.4, -0.2) is 36.4 Å². The zero-order valence-corrected chi connectivity index (χ0v) is 11.2. The number of rotatable bonds is 3. The van der Waals surface area contributed by atoms with Gasteiger partial charge in [-0.25, -0.2) is 13.2 Å². The Bertz CT molecular complexity index is 592. The molecule has 0 aromatic carbocycles. The molecule has 1 saturated heterocycles. The molecule has 2 atom stereocenters. The smallest absolute Gasteiger partial charge is 0.347 e. The van der Waals surface area contributed by atoms with Gasteiger partial charge in [-0.1, -0.05) is 0 Å². The molecule has 2 fully saturated rings. The van der Waals surface area contributed by atoms with Crippen LogP contribution < -0.4 is 0 Å². The maximum absolute atomic E-state index is 12.5. The van der Waals surface area contributed by atoms with Gasteiger partial charge in [0.15, 0.2) is 0 Å². The Morgan fingerprint density at radius 1 is 1.44 bits per heavy atom. The molecule has 0 radical (unpaired) electrons. The second-order valence-corrected chi connectivity index (χ2v) is 7.60. The van der Waals surface area contributed by atoms with Gasteiger partial charge in [0.1, 0.15) is 9.77 Å². The van der Waals surface area contributed by atoms with Crippen LogP contribution in [0.1, 0.15) is 28.9 Å². The highest BCUT2D eigenvalue weighted by Crippen LogP contribution is 2.41. The molecule has 2 aliphatic rings. The number of carboxylic acid groups (broad SMARTS) is 1. The van der Waals surface area contributed by atoms with E-state index in [2.05, 4.69) is 0 Å². The number of fused-ring (bicyclic) bond motifs is 2. The summed E-state index contributed by atoms with van der Waals surface area (Å²) in [4.78, 5) is 10.9. The molecular weight excluding hydrogens is 274 g/mol. The molecule has 5 nitrogen and oxygen atoms in total. The number of nitrogens with zero attached hydrogens (tertiary/aromatic N) is 1. The molecule has 1 aliphatic carbocycles. The summed E-state index contributed by atoms with van der Waals surface area (Å²) in [6.07, 6.45) is 2.91. The Morgan fingerprint density at radius 2 is 2.22 bits per heavy atom. The number of sulfonamides is 1. The molecule has 2 unspecified atom stereocenters. The molecule has 1 aromatic rings. The zero-order valence-electron chi connectivity index (χ0n) is 9.57. The Balaban J connectivity index is 2.00. The molecule has 98 valence electrons. The normalized spacial score (nSPS) is 27.8. The molecule has 0 amide bonds. The van der Waals surface area contributed by atoms with E-state index in [1.165, 1.54) is 15.8 Å². The van der Waals surface area contributed by atoms with Crippen LogP contribution in [0.25, 0.3) is 0 Å². The van der Waals surface area contributed by atoms with Crippen LogP contribution in [0, 0.1) is 5.92 Å². The van der Waals surface area contributed by atoms with E-state index in [1.807, 2.05) is 0 Å². The molecule has 18 heavy (non-hydrogen) atoms. The van der Waals surface area contributed by atoms with Gasteiger partial charge in [-0.05, 0) is 36.6 Å². The van der Waals surface area contributed by atoms with Gasteiger partial charge in [0.2, 0.25) is 10.0 Å². The van der Waals surface area contributed by atoms with E-state index >= 15 is 0 Å². The van der Waals surface area contributed by atoms with Crippen molar-refractivity contribution in [3.05, 3.63) is 16.3 Å². The average molecular weight is 287 g/mol. The fourth-order valence-corrected chi connectivity index (χ4v) is 5.93. The third-order valence-electron chi connectivity index (χ3n) is 3.77. The van der Waals surface area contributed by atoms with Crippen LogP contribution in [-0.2, 0) is 10.0 Å². The quantitative estimate of drug-likeness (QED) is 0.916. The lowest BCUT2D eigenvalue weighted by molar-refractivity contribution is 0.0698. The number of aromatic carboxylic acids is 1. The molecule has 0 spiro atoms. The van der Waals surface area contributed by atoms with Crippen molar-refractivity contribution in [2.24, 2.45) is 5.92 Å². The Labute approximate surface area is 109 Å². The van der Waals surface area contributed by atoms with Crippen molar-refractivity contribution in [2.75, 3.05) is 6.54 Å². The van der Waals surface area contributed by atoms with Crippen molar-refractivity contribution in [1.82, 2.24) is 4.31 Å². The predicted molar refractivity (Wildman–Crippen MR) is 66.3 cm³/mol. The number of carboxylic acids is 1. The number of hydrogen-bond donors (Lipinski definition) is 1. The van der Waals surface area contributed by atoms with Crippen LogP contribution in [0.3, 0.4) is 0 Å². The third-order valence-corrected chi connectivity index (χ3v) is 6.76. The van der Waals surface area contributed by atoms with E-state index in [-0.39, 0.29) is 15.8 Å². The zero-order chi connectivity index (χ0) is 12.9. The summed E-state index contributed by atoms with van der Waals surface area (Å²) >= 11 is 0.958. The van der Waals surface area contributed by atoms with Crippen molar-refractivity contribution in [2.45, 2.75) is 30.2 Å². The summed E-state index contributed by atoms with van der Waals surface area (Å²) in [5, 5.41) is 10.5. The summed E-state index contributed by atoms with van der Waals surface area (Å²) in [7, 11) is -3.64. The minimum absolute atomic E-state index is 0.0486. The fraction of sp³-hybridized carbons (Fsp3) is 0.545. The van der Waals surface area contributed by atoms with Crippen molar-refractivity contribution in [3.8, 4) is 0 Å². The first-order chi connectivity index (χ1) is 8.50. The molecule has 1 aliphatic heterocycles. The lowest BCUT2D eigenvalue weighted by Gasteiger charge is -2.25. The van der Waals surface area contributed by atoms with Crippen LogP contribution in [0.2, 0.25) is 0 Å². The maximum Gasteiger partial charge on any atom is 0.347 e. The van der Waals surface area contributed by atoms with E-state index in [0.29, 0.717) is 12.5 Å². The molecule has 1 saturated carbocycles. The van der Waals surface area contributed by atoms with E-state index < -0.39 is 16.0 Å².